The summed E-state index contributed by atoms with van der Waals surface area (Å²) in [6.45, 7) is 8.94. The van der Waals surface area contributed by atoms with Gasteiger partial charge < -0.3 is 10.2 Å². The van der Waals surface area contributed by atoms with E-state index in [1.54, 1.807) is 12.1 Å². The summed E-state index contributed by atoms with van der Waals surface area (Å²) < 4.78 is 0. The Morgan fingerprint density at radius 3 is 2.00 bits per heavy atom. The highest BCUT2D eigenvalue weighted by atomic mass is 16.3. The third-order valence-corrected chi connectivity index (χ3v) is 4.47. The van der Waals surface area contributed by atoms with Crippen molar-refractivity contribution in [3.63, 3.8) is 0 Å². The summed E-state index contributed by atoms with van der Waals surface area (Å²) in [5.74, 6) is 1.88. The third-order valence-electron chi connectivity index (χ3n) is 4.47. The van der Waals surface area contributed by atoms with Crippen LogP contribution in [0.2, 0.25) is 0 Å². The van der Waals surface area contributed by atoms with Gasteiger partial charge in [-0.3, -0.25) is 4.90 Å². The molecular formula is C16H25NO2. The molecule has 0 bridgehead atoms. The summed E-state index contributed by atoms with van der Waals surface area (Å²) in [5, 5.41) is 19.2. The van der Waals surface area contributed by atoms with Crippen LogP contribution in [0.4, 0.5) is 0 Å². The first kappa shape index (κ1) is 14.2. The van der Waals surface area contributed by atoms with Crippen LogP contribution in [0.5, 0.6) is 11.5 Å². The second-order valence-corrected chi connectivity index (χ2v) is 6.08. The number of hydrogen-bond acceptors (Lipinski definition) is 3. The molecule has 3 nitrogen and oxygen atoms in total. The minimum atomic E-state index is 0.138. The number of benzene rings is 1. The molecule has 1 unspecified atom stereocenters. The maximum absolute atomic E-state index is 9.58. The van der Waals surface area contributed by atoms with Gasteiger partial charge in [-0.25, -0.2) is 0 Å². The number of phenolic OH excluding ortho intramolecular Hbond substituents is 2. The van der Waals surface area contributed by atoms with Crippen LogP contribution in [0.1, 0.15) is 45.2 Å². The molecule has 1 saturated heterocycles. The Balaban J connectivity index is 2.02. The van der Waals surface area contributed by atoms with Gasteiger partial charge in [0.05, 0.1) is 0 Å². The van der Waals surface area contributed by atoms with E-state index in [4.69, 9.17) is 0 Å². The van der Waals surface area contributed by atoms with Crippen LogP contribution in [-0.2, 0) is 0 Å². The second kappa shape index (κ2) is 5.83. The zero-order valence-corrected chi connectivity index (χ0v) is 12.1. The molecular weight excluding hydrogens is 238 g/mol. The molecule has 1 aromatic rings. The van der Waals surface area contributed by atoms with E-state index < -0.39 is 0 Å². The molecule has 0 amide bonds. The van der Waals surface area contributed by atoms with Crippen LogP contribution in [0.15, 0.2) is 18.2 Å². The van der Waals surface area contributed by atoms with Gasteiger partial charge in [-0.15, -0.1) is 0 Å². The zero-order chi connectivity index (χ0) is 14.0. The lowest BCUT2D eigenvalue weighted by atomic mass is 9.86. The van der Waals surface area contributed by atoms with E-state index in [1.165, 1.54) is 18.9 Å². The topological polar surface area (TPSA) is 43.7 Å². The Hall–Kier alpha value is -1.22. The van der Waals surface area contributed by atoms with E-state index in [9.17, 15) is 10.2 Å². The SMILES string of the molecule is CC(C)C1CCN(C(C)c2cc(O)cc(O)c2)CC1. The van der Waals surface area contributed by atoms with Crippen LogP contribution in [0.3, 0.4) is 0 Å². The minimum absolute atomic E-state index is 0.138. The number of rotatable bonds is 3. The van der Waals surface area contributed by atoms with Gasteiger partial charge in [-0.05, 0) is 62.4 Å². The number of phenols is 2. The van der Waals surface area contributed by atoms with Gasteiger partial charge in [0.25, 0.3) is 0 Å². The standard InChI is InChI=1S/C16H25NO2/c1-11(2)13-4-6-17(7-5-13)12(3)14-8-15(18)10-16(19)9-14/h8-13,18-19H,4-7H2,1-3H3. The summed E-state index contributed by atoms with van der Waals surface area (Å²) in [5.41, 5.74) is 0.987. The molecule has 2 rings (SSSR count). The Kier molecular flexibility index (Phi) is 4.35. The van der Waals surface area contributed by atoms with Crippen molar-refractivity contribution in [2.24, 2.45) is 11.8 Å². The van der Waals surface area contributed by atoms with Crippen LogP contribution >= 0.6 is 0 Å². The third kappa shape index (κ3) is 3.41. The van der Waals surface area contributed by atoms with Gasteiger partial charge in [-0.2, -0.15) is 0 Å². The lowest BCUT2D eigenvalue weighted by Gasteiger charge is -2.37. The number of aromatic hydroxyl groups is 2. The number of piperidine rings is 1. The van der Waals surface area contributed by atoms with Crippen molar-refractivity contribution >= 4 is 0 Å². The zero-order valence-electron chi connectivity index (χ0n) is 12.1. The molecule has 0 spiro atoms. The highest BCUT2D eigenvalue weighted by Gasteiger charge is 2.25. The Morgan fingerprint density at radius 2 is 1.53 bits per heavy atom. The van der Waals surface area contributed by atoms with Crippen molar-refractivity contribution in [1.82, 2.24) is 4.90 Å². The first-order valence-electron chi connectivity index (χ1n) is 7.24. The summed E-state index contributed by atoms with van der Waals surface area (Å²) in [6.07, 6.45) is 2.49. The van der Waals surface area contributed by atoms with Crippen molar-refractivity contribution in [3.8, 4) is 11.5 Å². The van der Waals surface area contributed by atoms with Crippen molar-refractivity contribution in [2.45, 2.75) is 39.7 Å². The highest BCUT2D eigenvalue weighted by Crippen LogP contribution is 2.32. The molecule has 1 atom stereocenters. The van der Waals surface area contributed by atoms with E-state index in [1.807, 2.05) is 0 Å². The minimum Gasteiger partial charge on any atom is -0.508 e. The molecule has 1 aliphatic rings. The molecule has 106 valence electrons. The molecule has 19 heavy (non-hydrogen) atoms. The smallest absolute Gasteiger partial charge is 0.119 e. The van der Waals surface area contributed by atoms with Crippen LogP contribution in [0, 0.1) is 11.8 Å². The van der Waals surface area contributed by atoms with Gasteiger partial charge >= 0.3 is 0 Å². The van der Waals surface area contributed by atoms with Gasteiger partial charge in [-0.1, -0.05) is 13.8 Å². The van der Waals surface area contributed by atoms with E-state index >= 15 is 0 Å². The largest absolute Gasteiger partial charge is 0.508 e. The Bertz CT molecular complexity index is 403. The fraction of sp³-hybridized carbons (Fsp3) is 0.625. The van der Waals surface area contributed by atoms with Crippen molar-refractivity contribution in [2.75, 3.05) is 13.1 Å². The number of likely N-dealkylation sites (tertiary alicyclic amines) is 1. The molecule has 2 N–H and O–H groups in total. The van der Waals surface area contributed by atoms with E-state index in [-0.39, 0.29) is 17.5 Å². The molecule has 0 radical (unpaired) electrons. The maximum atomic E-state index is 9.58. The number of nitrogens with zero attached hydrogens (tertiary/aromatic N) is 1. The van der Waals surface area contributed by atoms with Crippen LogP contribution in [-0.4, -0.2) is 28.2 Å². The molecule has 1 heterocycles. The van der Waals surface area contributed by atoms with Crippen LogP contribution < -0.4 is 0 Å². The fourth-order valence-corrected chi connectivity index (χ4v) is 3.04. The monoisotopic (exact) mass is 263 g/mol. The Labute approximate surface area is 115 Å². The average molecular weight is 263 g/mol. The molecule has 0 saturated carbocycles. The van der Waals surface area contributed by atoms with E-state index in [2.05, 4.69) is 25.7 Å². The summed E-state index contributed by atoms with van der Waals surface area (Å²) in [7, 11) is 0. The van der Waals surface area contributed by atoms with Crippen molar-refractivity contribution in [1.29, 1.82) is 0 Å². The highest BCUT2D eigenvalue weighted by molar-refractivity contribution is 5.38. The average Bonchev–Trinajstić information content (AvgIpc) is 2.37. The molecule has 1 fully saturated rings. The normalized spacial score (nSPS) is 19.8. The quantitative estimate of drug-likeness (QED) is 0.877. The second-order valence-electron chi connectivity index (χ2n) is 6.08. The molecule has 0 aliphatic carbocycles. The predicted molar refractivity (Wildman–Crippen MR) is 77.3 cm³/mol. The van der Waals surface area contributed by atoms with Gasteiger partial charge in [0.15, 0.2) is 0 Å². The molecule has 0 aromatic heterocycles. The predicted octanol–water partition coefficient (Wildman–Crippen LogP) is 3.53. The van der Waals surface area contributed by atoms with Crippen molar-refractivity contribution < 1.29 is 10.2 Å². The summed E-state index contributed by atoms with van der Waals surface area (Å²) >= 11 is 0. The van der Waals surface area contributed by atoms with Crippen molar-refractivity contribution in [3.05, 3.63) is 23.8 Å². The van der Waals surface area contributed by atoms with Crippen LogP contribution in [0.25, 0.3) is 0 Å². The lowest BCUT2D eigenvalue weighted by molar-refractivity contribution is 0.122. The Morgan fingerprint density at radius 1 is 1.00 bits per heavy atom. The lowest BCUT2D eigenvalue weighted by Crippen LogP contribution is -2.36. The first-order valence-corrected chi connectivity index (χ1v) is 7.24. The number of hydrogen-bond donors (Lipinski definition) is 2. The van der Waals surface area contributed by atoms with Gasteiger partial charge in [0.2, 0.25) is 0 Å². The van der Waals surface area contributed by atoms with Gasteiger partial charge in [0, 0.05) is 12.1 Å². The summed E-state index contributed by atoms with van der Waals surface area (Å²) in [4.78, 5) is 2.44. The molecule has 1 aliphatic heterocycles. The first-order chi connectivity index (χ1) is 8.97. The summed E-state index contributed by atoms with van der Waals surface area (Å²) in [6, 6.07) is 5.12. The molecule has 1 aromatic carbocycles. The molecule has 3 heteroatoms. The maximum Gasteiger partial charge on any atom is 0.119 e. The van der Waals surface area contributed by atoms with E-state index in [0.717, 1.165) is 30.5 Å². The van der Waals surface area contributed by atoms with E-state index in [0.29, 0.717) is 0 Å². The van der Waals surface area contributed by atoms with Gasteiger partial charge in [0.1, 0.15) is 11.5 Å². The fourth-order valence-electron chi connectivity index (χ4n) is 3.04.